The minimum atomic E-state index is -0.444. The van der Waals surface area contributed by atoms with Gasteiger partial charge in [-0.05, 0) is 45.0 Å². The Morgan fingerprint density at radius 3 is 2.17 bits per heavy atom. The summed E-state index contributed by atoms with van der Waals surface area (Å²) in [6.45, 7) is 10.2. The highest BCUT2D eigenvalue weighted by Crippen LogP contribution is 2.17. The van der Waals surface area contributed by atoms with E-state index < -0.39 is 5.60 Å². The van der Waals surface area contributed by atoms with Crippen LogP contribution in [0.1, 0.15) is 20.8 Å². The van der Waals surface area contributed by atoms with E-state index in [1.807, 2.05) is 45.0 Å². The number of methoxy groups -OCH3 is 1. The van der Waals surface area contributed by atoms with Crippen molar-refractivity contribution in [1.29, 1.82) is 0 Å². The molecule has 0 bridgehead atoms. The molecule has 24 heavy (non-hydrogen) atoms. The molecule has 1 aliphatic rings. The second kappa shape index (κ2) is 8.24. The summed E-state index contributed by atoms with van der Waals surface area (Å²) in [5.74, 6) is 1.66. The number of hydrogen-bond acceptors (Lipinski definition) is 5. The van der Waals surface area contributed by atoms with Gasteiger partial charge >= 0.3 is 6.09 Å². The van der Waals surface area contributed by atoms with Crippen molar-refractivity contribution in [3.63, 3.8) is 0 Å². The van der Waals surface area contributed by atoms with Gasteiger partial charge in [0.15, 0.2) is 0 Å². The molecular weight excluding hydrogens is 308 g/mol. The molecule has 0 aliphatic carbocycles. The number of ether oxygens (including phenoxy) is 3. The molecule has 6 nitrogen and oxygen atoms in total. The molecule has 1 aromatic rings. The molecule has 1 aliphatic heterocycles. The van der Waals surface area contributed by atoms with Crippen molar-refractivity contribution in [1.82, 2.24) is 9.80 Å². The summed E-state index contributed by atoms with van der Waals surface area (Å²) >= 11 is 0. The maximum atomic E-state index is 12.0. The van der Waals surface area contributed by atoms with Gasteiger partial charge in [-0.1, -0.05) is 0 Å². The summed E-state index contributed by atoms with van der Waals surface area (Å²) in [6, 6.07) is 7.57. The summed E-state index contributed by atoms with van der Waals surface area (Å²) in [5.41, 5.74) is -0.444. The van der Waals surface area contributed by atoms with Crippen LogP contribution in [-0.4, -0.2) is 67.9 Å². The highest BCUT2D eigenvalue weighted by atomic mass is 16.6. The van der Waals surface area contributed by atoms with Crippen LogP contribution in [0.15, 0.2) is 24.3 Å². The Morgan fingerprint density at radius 2 is 1.62 bits per heavy atom. The molecule has 1 heterocycles. The number of rotatable bonds is 5. The normalized spacial score (nSPS) is 15.9. The molecule has 0 atom stereocenters. The number of hydrogen-bond donors (Lipinski definition) is 0. The van der Waals surface area contributed by atoms with Crippen LogP contribution < -0.4 is 9.47 Å². The monoisotopic (exact) mass is 336 g/mol. The van der Waals surface area contributed by atoms with Crippen molar-refractivity contribution in [3.8, 4) is 11.5 Å². The number of benzene rings is 1. The standard InChI is InChI=1S/C18H28N2O4/c1-18(2,3)24-17(21)20-11-9-19(10-12-20)13-14-23-16-7-5-15(22-4)6-8-16/h5-8H,9-14H2,1-4H3. The second-order valence-electron chi connectivity index (χ2n) is 6.83. The molecule has 1 fully saturated rings. The van der Waals surface area contributed by atoms with Crippen LogP contribution in [0.2, 0.25) is 0 Å². The highest BCUT2D eigenvalue weighted by molar-refractivity contribution is 5.68. The second-order valence-corrected chi connectivity index (χ2v) is 6.83. The van der Waals surface area contributed by atoms with E-state index in [9.17, 15) is 4.79 Å². The first kappa shape index (κ1) is 18.4. The fourth-order valence-electron chi connectivity index (χ4n) is 2.45. The molecular formula is C18H28N2O4. The predicted octanol–water partition coefficient (Wildman–Crippen LogP) is 2.63. The number of piperazine rings is 1. The third kappa shape index (κ3) is 5.92. The lowest BCUT2D eigenvalue weighted by Crippen LogP contribution is -2.50. The van der Waals surface area contributed by atoms with Crippen LogP contribution in [0, 0.1) is 0 Å². The van der Waals surface area contributed by atoms with Crippen LogP contribution in [-0.2, 0) is 4.74 Å². The molecule has 0 aromatic heterocycles. The Kier molecular flexibility index (Phi) is 6.31. The minimum Gasteiger partial charge on any atom is -0.497 e. The van der Waals surface area contributed by atoms with Crippen LogP contribution >= 0.6 is 0 Å². The zero-order chi connectivity index (χ0) is 17.6. The lowest BCUT2D eigenvalue weighted by atomic mass is 10.2. The minimum absolute atomic E-state index is 0.225. The zero-order valence-electron chi connectivity index (χ0n) is 15.1. The average molecular weight is 336 g/mol. The molecule has 2 rings (SSSR count). The SMILES string of the molecule is COc1ccc(OCCN2CCN(C(=O)OC(C)(C)C)CC2)cc1. The van der Waals surface area contributed by atoms with Gasteiger partial charge in [0.25, 0.3) is 0 Å². The molecule has 0 spiro atoms. The van der Waals surface area contributed by atoms with Crippen LogP contribution in [0.25, 0.3) is 0 Å². The van der Waals surface area contributed by atoms with Crippen molar-refractivity contribution < 1.29 is 19.0 Å². The number of carbonyl (C=O) groups excluding carboxylic acids is 1. The molecule has 1 aromatic carbocycles. The van der Waals surface area contributed by atoms with Crippen molar-refractivity contribution in [2.45, 2.75) is 26.4 Å². The highest BCUT2D eigenvalue weighted by Gasteiger charge is 2.25. The number of amides is 1. The lowest BCUT2D eigenvalue weighted by molar-refractivity contribution is 0.0137. The molecule has 0 radical (unpaired) electrons. The molecule has 0 unspecified atom stereocenters. The third-order valence-electron chi connectivity index (χ3n) is 3.76. The predicted molar refractivity (Wildman–Crippen MR) is 92.7 cm³/mol. The van der Waals surface area contributed by atoms with E-state index in [4.69, 9.17) is 14.2 Å². The maximum Gasteiger partial charge on any atom is 0.410 e. The fraction of sp³-hybridized carbons (Fsp3) is 0.611. The molecule has 134 valence electrons. The van der Waals surface area contributed by atoms with Gasteiger partial charge in [-0.2, -0.15) is 0 Å². The summed E-state index contributed by atoms with van der Waals surface area (Å²) in [4.78, 5) is 16.1. The molecule has 6 heteroatoms. The summed E-state index contributed by atoms with van der Waals surface area (Å²) in [7, 11) is 1.65. The third-order valence-corrected chi connectivity index (χ3v) is 3.76. The fourth-order valence-corrected chi connectivity index (χ4v) is 2.45. The van der Waals surface area contributed by atoms with E-state index in [0.717, 1.165) is 31.1 Å². The Morgan fingerprint density at radius 1 is 1.04 bits per heavy atom. The van der Waals surface area contributed by atoms with Gasteiger partial charge in [-0.3, -0.25) is 4.90 Å². The summed E-state index contributed by atoms with van der Waals surface area (Å²) < 4.78 is 16.3. The van der Waals surface area contributed by atoms with E-state index in [0.29, 0.717) is 19.7 Å². The average Bonchev–Trinajstić information content (AvgIpc) is 2.54. The van der Waals surface area contributed by atoms with Crippen LogP contribution in [0.5, 0.6) is 11.5 Å². The van der Waals surface area contributed by atoms with Crippen LogP contribution in [0.3, 0.4) is 0 Å². The number of carbonyl (C=O) groups is 1. The molecule has 0 N–H and O–H groups in total. The topological polar surface area (TPSA) is 51.2 Å². The molecule has 0 saturated carbocycles. The first-order valence-electron chi connectivity index (χ1n) is 8.34. The Hall–Kier alpha value is -1.95. The van der Waals surface area contributed by atoms with Gasteiger partial charge in [0.05, 0.1) is 7.11 Å². The van der Waals surface area contributed by atoms with Crippen molar-refractivity contribution in [2.75, 3.05) is 46.4 Å². The van der Waals surface area contributed by atoms with Crippen molar-refractivity contribution in [3.05, 3.63) is 24.3 Å². The number of nitrogens with zero attached hydrogens (tertiary/aromatic N) is 2. The zero-order valence-corrected chi connectivity index (χ0v) is 15.1. The maximum absolute atomic E-state index is 12.0. The Bertz CT molecular complexity index is 517. The first-order valence-corrected chi connectivity index (χ1v) is 8.34. The van der Waals surface area contributed by atoms with Crippen molar-refractivity contribution >= 4 is 6.09 Å². The van der Waals surface area contributed by atoms with Gasteiger partial charge in [0.2, 0.25) is 0 Å². The van der Waals surface area contributed by atoms with Gasteiger partial charge in [0.1, 0.15) is 23.7 Å². The Balaban J connectivity index is 1.66. The first-order chi connectivity index (χ1) is 11.4. The van der Waals surface area contributed by atoms with E-state index in [1.54, 1.807) is 12.0 Å². The van der Waals surface area contributed by atoms with Gasteiger partial charge in [-0.25, -0.2) is 4.79 Å². The van der Waals surface area contributed by atoms with E-state index in [1.165, 1.54) is 0 Å². The van der Waals surface area contributed by atoms with Gasteiger partial charge in [-0.15, -0.1) is 0 Å². The largest absolute Gasteiger partial charge is 0.497 e. The molecule has 1 amide bonds. The van der Waals surface area contributed by atoms with Gasteiger partial charge < -0.3 is 19.1 Å². The molecule has 1 saturated heterocycles. The smallest absolute Gasteiger partial charge is 0.410 e. The van der Waals surface area contributed by atoms with E-state index in [-0.39, 0.29) is 6.09 Å². The van der Waals surface area contributed by atoms with E-state index >= 15 is 0 Å². The summed E-state index contributed by atoms with van der Waals surface area (Å²) in [6.07, 6.45) is -0.225. The van der Waals surface area contributed by atoms with Crippen molar-refractivity contribution in [2.24, 2.45) is 0 Å². The quantitative estimate of drug-likeness (QED) is 0.827. The van der Waals surface area contributed by atoms with Gasteiger partial charge in [0, 0.05) is 32.7 Å². The lowest BCUT2D eigenvalue weighted by Gasteiger charge is -2.35. The van der Waals surface area contributed by atoms with E-state index in [2.05, 4.69) is 4.90 Å². The van der Waals surface area contributed by atoms with Crippen LogP contribution in [0.4, 0.5) is 4.79 Å². The Labute approximate surface area is 144 Å². The summed E-state index contributed by atoms with van der Waals surface area (Å²) in [5, 5.41) is 0.